The molecule has 1 aromatic carbocycles. The van der Waals surface area contributed by atoms with Gasteiger partial charge in [-0.3, -0.25) is 0 Å². The van der Waals surface area contributed by atoms with Crippen molar-refractivity contribution in [2.24, 2.45) is 5.73 Å². The summed E-state index contributed by atoms with van der Waals surface area (Å²) in [5, 5.41) is 9.38. The quantitative estimate of drug-likeness (QED) is 0.741. The van der Waals surface area contributed by atoms with Crippen molar-refractivity contribution in [3.8, 4) is 0 Å². The molecule has 1 aliphatic rings. The molecule has 0 atom stereocenters. The summed E-state index contributed by atoms with van der Waals surface area (Å²) in [5.41, 5.74) is 8.38. The Kier molecular flexibility index (Phi) is 2.33. The average Bonchev–Trinajstić information content (AvgIpc) is 2.14. The largest absolute Gasteiger partial charge is 0.393 e. The van der Waals surface area contributed by atoms with Gasteiger partial charge in [0.25, 0.3) is 0 Å². The van der Waals surface area contributed by atoms with Crippen LogP contribution in [0.3, 0.4) is 0 Å². The van der Waals surface area contributed by atoms with Crippen molar-refractivity contribution in [3.05, 3.63) is 35.4 Å². The van der Waals surface area contributed by atoms with Crippen LogP contribution in [0.5, 0.6) is 0 Å². The molecular formula is C12H17NO. The Morgan fingerprint density at radius 1 is 1.36 bits per heavy atom. The van der Waals surface area contributed by atoms with Crippen LogP contribution in [0, 0.1) is 6.92 Å². The van der Waals surface area contributed by atoms with Crippen molar-refractivity contribution in [1.82, 2.24) is 0 Å². The predicted octanol–water partition coefficient (Wildman–Crippen LogP) is 1.35. The summed E-state index contributed by atoms with van der Waals surface area (Å²) in [4.78, 5) is 0. The highest BCUT2D eigenvalue weighted by molar-refractivity contribution is 5.32. The van der Waals surface area contributed by atoms with Gasteiger partial charge in [0.1, 0.15) is 0 Å². The lowest BCUT2D eigenvalue weighted by atomic mass is 9.63. The molecule has 76 valence electrons. The van der Waals surface area contributed by atoms with E-state index in [2.05, 4.69) is 31.2 Å². The first-order valence-corrected chi connectivity index (χ1v) is 5.11. The Balaban J connectivity index is 2.25. The van der Waals surface area contributed by atoms with Gasteiger partial charge in [0, 0.05) is 12.0 Å². The Labute approximate surface area is 84.7 Å². The van der Waals surface area contributed by atoms with Gasteiger partial charge in [0.05, 0.1) is 6.10 Å². The summed E-state index contributed by atoms with van der Waals surface area (Å²) in [5.74, 6) is 0. The van der Waals surface area contributed by atoms with Crippen LogP contribution >= 0.6 is 0 Å². The van der Waals surface area contributed by atoms with Crippen molar-refractivity contribution in [2.45, 2.75) is 31.3 Å². The number of rotatable bonds is 2. The molecule has 0 spiro atoms. The minimum absolute atomic E-state index is 0.0487. The molecule has 1 saturated carbocycles. The number of aliphatic hydroxyl groups is 1. The smallest absolute Gasteiger partial charge is 0.0558 e. The zero-order valence-corrected chi connectivity index (χ0v) is 8.53. The maximum absolute atomic E-state index is 9.38. The first-order chi connectivity index (χ1) is 6.66. The molecule has 0 aromatic heterocycles. The topological polar surface area (TPSA) is 46.2 Å². The zero-order valence-electron chi connectivity index (χ0n) is 8.53. The molecule has 2 nitrogen and oxygen atoms in total. The zero-order chi connectivity index (χ0) is 10.2. The van der Waals surface area contributed by atoms with Gasteiger partial charge in [0.2, 0.25) is 0 Å². The van der Waals surface area contributed by atoms with Crippen LogP contribution in [0.4, 0.5) is 0 Å². The highest BCUT2D eigenvalue weighted by Gasteiger charge is 2.43. The van der Waals surface area contributed by atoms with E-state index in [1.165, 1.54) is 11.1 Å². The molecule has 0 saturated heterocycles. The number of nitrogens with two attached hydrogens (primary N) is 1. The van der Waals surface area contributed by atoms with Crippen molar-refractivity contribution in [3.63, 3.8) is 0 Å². The molecule has 3 N–H and O–H groups in total. The monoisotopic (exact) mass is 191 g/mol. The molecule has 1 aliphatic carbocycles. The second-order valence-electron chi connectivity index (χ2n) is 4.41. The fourth-order valence-corrected chi connectivity index (χ4v) is 2.27. The third-order valence-corrected chi connectivity index (χ3v) is 3.31. The number of benzene rings is 1. The standard InChI is InChI=1S/C12H17NO/c1-9-2-4-10(5-3-9)12(8-13)6-11(14)7-12/h2-5,11,14H,6-8,13H2,1H3. The van der Waals surface area contributed by atoms with E-state index < -0.39 is 0 Å². The van der Waals surface area contributed by atoms with Crippen molar-refractivity contribution in [2.75, 3.05) is 6.54 Å². The minimum Gasteiger partial charge on any atom is -0.393 e. The second kappa shape index (κ2) is 3.37. The molecule has 0 unspecified atom stereocenters. The Hall–Kier alpha value is -0.860. The van der Waals surface area contributed by atoms with Crippen LogP contribution in [-0.4, -0.2) is 17.8 Å². The first kappa shape index (κ1) is 9.69. The Morgan fingerprint density at radius 2 is 1.93 bits per heavy atom. The number of hydrogen-bond donors (Lipinski definition) is 2. The average molecular weight is 191 g/mol. The highest BCUT2D eigenvalue weighted by atomic mass is 16.3. The lowest BCUT2D eigenvalue weighted by Crippen LogP contribution is -2.49. The highest BCUT2D eigenvalue weighted by Crippen LogP contribution is 2.42. The van der Waals surface area contributed by atoms with Gasteiger partial charge in [-0.2, -0.15) is 0 Å². The maximum Gasteiger partial charge on any atom is 0.0558 e. The SMILES string of the molecule is Cc1ccc(C2(CN)CC(O)C2)cc1. The van der Waals surface area contributed by atoms with Gasteiger partial charge in [-0.1, -0.05) is 29.8 Å². The first-order valence-electron chi connectivity index (χ1n) is 5.11. The molecular weight excluding hydrogens is 174 g/mol. The lowest BCUT2D eigenvalue weighted by Gasteiger charge is -2.45. The van der Waals surface area contributed by atoms with Crippen molar-refractivity contribution < 1.29 is 5.11 Å². The predicted molar refractivity (Wildman–Crippen MR) is 57.2 cm³/mol. The van der Waals surface area contributed by atoms with E-state index in [1.54, 1.807) is 0 Å². The van der Waals surface area contributed by atoms with E-state index in [0.29, 0.717) is 6.54 Å². The minimum atomic E-state index is -0.153. The van der Waals surface area contributed by atoms with Crippen molar-refractivity contribution >= 4 is 0 Å². The van der Waals surface area contributed by atoms with Gasteiger partial charge in [-0.25, -0.2) is 0 Å². The molecule has 1 fully saturated rings. The molecule has 2 rings (SSSR count). The lowest BCUT2D eigenvalue weighted by molar-refractivity contribution is 0.0221. The Bertz CT molecular complexity index is 312. The molecule has 2 heteroatoms. The second-order valence-corrected chi connectivity index (χ2v) is 4.41. The summed E-state index contributed by atoms with van der Waals surface area (Å²) in [6.07, 6.45) is 1.47. The molecule has 0 radical (unpaired) electrons. The van der Waals surface area contributed by atoms with Crippen LogP contribution in [0.15, 0.2) is 24.3 Å². The molecule has 0 amide bonds. The van der Waals surface area contributed by atoms with Crippen LogP contribution in [0.1, 0.15) is 24.0 Å². The summed E-state index contributed by atoms with van der Waals surface area (Å²) in [6.45, 7) is 2.71. The van der Waals surface area contributed by atoms with Gasteiger partial charge in [-0.05, 0) is 25.3 Å². The summed E-state index contributed by atoms with van der Waals surface area (Å²) >= 11 is 0. The molecule has 1 aromatic rings. The van der Waals surface area contributed by atoms with Gasteiger partial charge >= 0.3 is 0 Å². The van der Waals surface area contributed by atoms with Gasteiger partial charge in [-0.15, -0.1) is 0 Å². The normalized spacial score (nSPS) is 31.2. The summed E-state index contributed by atoms with van der Waals surface area (Å²) in [6, 6.07) is 8.48. The molecule has 14 heavy (non-hydrogen) atoms. The molecule has 0 heterocycles. The van der Waals surface area contributed by atoms with Crippen LogP contribution in [-0.2, 0) is 5.41 Å². The van der Waals surface area contributed by atoms with Crippen LogP contribution in [0.25, 0.3) is 0 Å². The van der Waals surface area contributed by atoms with E-state index >= 15 is 0 Å². The summed E-state index contributed by atoms with van der Waals surface area (Å²) < 4.78 is 0. The van der Waals surface area contributed by atoms with E-state index in [9.17, 15) is 5.11 Å². The molecule has 0 aliphatic heterocycles. The number of aryl methyl sites for hydroxylation is 1. The van der Waals surface area contributed by atoms with Gasteiger partial charge < -0.3 is 10.8 Å². The fourth-order valence-electron chi connectivity index (χ4n) is 2.27. The molecule has 0 bridgehead atoms. The fraction of sp³-hybridized carbons (Fsp3) is 0.500. The maximum atomic E-state index is 9.38. The van der Waals surface area contributed by atoms with E-state index in [0.717, 1.165) is 12.8 Å². The van der Waals surface area contributed by atoms with Gasteiger partial charge in [0.15, 0.2) is 0 Å². The van der Waals surface area contributed by atoms with Crippen molar-refractivity contribution in [1.29, 1.82) is 0 Å². The summed E-state index contributed by atoms with van der Waals surface area (Å²) in [7, 11) is 0. The third kappa shape index (κ3) is 1.45. The van der Waals surface area contributed by atoms with E-state index in [4.69, 9.17) is 5.73 Å². The van der Waals surface area contributed by atoms with E-state index in [-0.39, 0.29) is 11.5 Å². The third-order valence-electron chi connectivity index (χ3n) is 3.31. The number of hydrogen-bond acceptors (Lipinski definition) is 2. The Morgan fingerprint density at radius 3 is 2.36 bits per heavy atom. The van der Waals surface area contributed by atoms with Crippen LogP contribution in [0.2, 0.25) is 0 Å². The van der Waals surface area contributed by atoms with Crippen LogP contribution < -0.4 is 5.73 Å². The number of aliphatic hydroxyl groups excluding tert-OH is 1. The van der Waals surface area contributed by atoms with E-state index in [1.807, 2.05) is 0 Å².